The van der Waals surface area contributed by atoms with E-state index in [2.05, 4.69) is 26.1 Å². The molecule has 2 aromatic rings. The second-order valence-electron chi connectivity index (χ2n) is 3.15. The molecule has 0 amide bonds. The molecular formula is C11H9BrN2O3. The van der Waals surface area contributed by atoms with Gasteiger partial charge in [0.1, 0.15) is 0 Å². The summed E-state index contributed by atoms with van der Waals surface area (Å²) in [7, 11) is 0. The summed E-state index contributed by atoms with van der Waals surface area (Å²) in [5.41, 5.74) is 0.747. The number of benzene rings is 1. The van der Waals surface area contributed by atoms with Crippen molar-refractivity contribution in [2.75, 3.05) is 6.61 Å². The van der Waals surface area contributed by atoms with Gasteiger partial charge in [-0.25, -0.2) is 4.79 Å². The summed E-state index contributed by atoms with van der Waals surface area (Å²) in [6, 6.07) is 7.33. The van der Waals surface area contributed by atoms with E-state index in [1.54, 1.807) is 6.92 Å². The van der Waals surface area contributed by atoms with Crippen molar-refractivity contribution in [1.82, 2.24) is 10.1 Å². The lowest BCUT2D eigenvalue weighted by Crippen LogP contribution is -2.06. The SMILES string of the molecule is CCOC(=O)c1noc(-c2ccc(Br)cc2)n1. The van der Waals surface area contributed by atoms with Crippen LogP contribution in [-0.2, 0) is 4.74 Å². The number of halogens is 1. The van der Waals surface area contributed by atoms with E-state index in [1.165, 1.54) is 0 Å². The molecule has 1 aromatic heterocycles. The summed E-state index contributed by atoms with van der Waals surface area (Å²) < 4.78 is 10.7. The Morgan fingerprint density at radius 1 is 1.41 bits per heavy atom. The van der Waals surface area contributed by atoms with Gasteiger partial charge in [-0.2, -0.15) is 4.98 Å². The number of hydrogen-bond donors (Lipinski definition) is 0. The smallest absolute Gasteiger partial charge is 0.379 e. The number of carbonyl (C=O) groups excluding carboxylic acids is 1. The maximum absolute atomic E-state index is 11.3. The number of nitrogens with zero attached hydrogens (tertiary/aromatic N) is 2. The third-order valence-electron chi connectivity index (χ3n) is 1.98. The standard InChI is InChI=1S/C11H9BrN2O3/c1-2-16-11(15)9-13-10(17-14-9)7-3-5-8(12)6-4-7/h3-6H,2H2,1H3. The first-order valence-corrected chi connectivity index (χ1v) is 5.76. The molecule has 6 heteroatoms. The quantitative estimate of drug-likeness (QED) is 0.815. The van der Waals surface area contributed by atoms with Crippen LogP contribution in [0.5, 0.6) is 0 Å². The van der Waals surface area contributed by atoms with Gasteiger partial charge in [-0.3, -0.25) is 0 Å². The number of rotatable bonds is 3. The van der Waals surface area contributed by atoms with E-state index in [0.717, 1.165) is 10.0 Å². The Kier molecular flexibility index (Phi) is 3.53. The third kappa shape index (κ3) is 2.71. The van der Waals surface area contributed by atoms with Crippen LogP contribution < -0.4 is 0 Å². The van der Waals surface area contributed by atoms with Crippen molar-refractivity contribution in [1.29, 1.82) is 0 Å². The highest BCUT2D eigenvalue weighted by molar-refractivity contribution is 9.10. The Hall–Kier alpha value is -1.69. The lowest BCUT2D eigenvalue weighted by atomic mass is 10.2. The molecule has 0 saturated heterocycles. The molecule has 0 radical (unpaired) electrons. The van der Waals surface area contributed by atoms with E-state index >= 15 is 0 Å². The van der Waals surface area contributed by atoms with E-state index in [1.807, 2.05) is 24.3 Å². The summed E-state index contributed by atoms with van der Waals surface area (Å²) in [4.78, 5) is 15.3. The minimum atomic E-state index is -0.584. The average molecular weight is 297 g/mol. The molecule has 2 rings (SSSR count). The molecule has 0 aliphatic heterocycles. The molecule has 17 heavy (non-hydrogen) atoms. The molecule has 0 bridgehead atoms. The predicted molar refractivity (Wildman–Crippen MR) is 63.4 cm³/mol. The Morgan fingerprint density at radius 2 is 2.12 bits per heavy atom. The minimum Gasteiger partial charge on any atom is -0.460 e. The normalized spacial score (nSPS) is 10.2. The van der Waals surface area contributed by atoms with Crippen LogP contribution in [0.4, 0.5) is 0 Å². The zero-order valence-corrected chi connectivity index (χ0v) is 10.6. The highest BCUT2D eigenvalue weighted by Gasteiger charge is 2.16. The summed E-state index contributed by atoms with van der Waals surface area (Å²) in [5, 5.41) is 3.56. The van der Waals surface area contributed by atoms with E-state index < -0.39 is 5.97 Å². The van der Waals surface area contributed by atoms with E-state index in [4.69, 9.17) is 9.26 Å². The molecule has 0 N–H and O–H groups in total. The Labute approximate surface area is 106 Å². The van der Waals surface area contributed by atoms with Gasteiger partial charge in [0.25, 0.3) is 11.7 Å². The monoisotopic (exact) mass is 296 g/mol. The van der Waals surface area contributed by atoms with Gasteiger partial charge in [0.05, 0.1) is 6.61 Å². The van der Waals surface area contributed by atoms with Crippen LogP contribution in [0.1, 0.15) is 17.5 Å². The zero-order valence-electron chi connectivity index (χ0n) is 9.01. The molecule has 0 saturated carbocycles. The Bertz CT molecular complexity index is 522. The van der Waals surface area contributed by atoms with Crippen molar-refractivity contribution in [3.05, 3.63) is 34.6 Å². The van der Waals surface area contributed by atoms with Crippen LogP contribution in [0.3, 0.4) is 0 Å². The first-order chi connectivity index (χ1) is 8.20. The Morgan fingerprint density at radius 3 is 2.76 bits per heavy atom. The van der Waals surface area contributed by atoms with Gasteiger partial charge in [0, 0.05) is 10.0 Å². The molecular weight excluding hydrogens is 288 g/mol. The van der Waals surface area contributed by atoms with Gasteiger partial charge in [-0.05, 0) is 36.3 Å². The summed E-state index contributed by atoms with van der Waals surface area (Å²) >= 11 is 3.33. The number of esters is 1. The van der Waals surface area contributed by atoms with Crippen molar-refractivity contribution < 1.29 is 14.1 Å². The second kappa shape index (κ2) is 5.09. The van der Waals surface area contributed by atoms with Crippen LogP contribution in [0.15, 0.2) is 33.3 Å². The largest absolute Gasteiger partial charge is 0.460 e. The van der Waals surface area contributed by atoms with Gasteiger partial charge >= 0.3 is 5.97 Å². The molecule has 1 heterocycles. The number of aromatic nitrogens is 2. The molecule has 5 nitrogen and oxygen atoms in total. The highest BCUT2D eigenvalue weighted by atomic mass is 79.9. The molecule has 0 aliphatic rings. The molecule has 0 unspecified atom stereocenters. The third-order valence-corrected chi connectivity index (χ3v) is 2.50. The molecule has 0 spiro atoms. The average Bonchev–Trinajstić information content (AvgIpc) is 2.80. The second-order valence-corrected chi connectivity index (χ2v) is 4.07. The topological polar surface area (TPSA) is 65.2 Å². The summed E-state index contributed by atoms with van der Waals surface area (Å²) in [5.74, 6) is -0.357. The Balaban J connectivity index is 2.23. The number of hydrogen-bond acceptors (Lipinski definition) is 5. The lowest BCUT2D eigenvalue weighted by Gasteiger charge is -1.94. The van der Waals surface area contributed by atoms with Gasteiger partial charge in [-0.1, -0.05) is 15.9 Å². The van der Waals surface area contributed by atoms with Crippen molar-refractivity contribution in [2.24, 2.45) is 0 Å². The van der Waals surface area contributed by atoms with Gasteiger partial charge in [0.2, 0.25) is 0 Å². The first kappa shape index (κ1) is 11.8. The highest BCUT2D eigenvalue weighted by Crippen LogP contribution is 2.20. The predicted octanol–water partition coefficient (Wildman–Crippen LogP) is 2.68. The molecule has 88 valence electrons. The van der Waals surface area contributed by atoms with E-state index in [9.17, 15) is 4.79 Å². The van der Waals surface area contributed by atoms with Crippen molar-refractivity contribution in [3.63, 3.8) is 0 Å². The van der Waals surface area contributed by atoms with Crippen LogP contribution in [0, 0.1) is 0 Å². The maximum atomic E-state index is 11.3. The molecule has 0 atom stereocenters. The fourth-order valence-electron chi connectivity index (χ4n) is 1.21. The van der Waals surface area contributed by atoms with E-state index in [-0.39, 0.29) is 12.4 Å². The van der Waals surface area contributed by atoms with Crippen molar-refractivity contribution in [2.45, 2.75) is 6.92 Å². The van der Waals surface area contributed by atoms with Gasteiger partial charge in [-0.15, -0.1) is 0 Å². The van der Waals surface area contributed by atoms with Crippen LogP contribution >= 0.6 is 15.9 Å². The van der Waals surface area contributed by atoms with Crippen LogP contribution in [0.25, 0.3) is 11.5 Å². The number of carbonyl (C=O) groups is 1. The van der Waals surface area contributed by atoms with E-state index in [0.29, 0.717) is 5.89 Å². The fraction of sp³-hybridized carbons (Fsp3) is 0.182. The zero-order chi connectivity index (χ0) is 12.3. The summed E-state index contributed by atoms with van der Waals surface area (Å²) in [6.07, 6.45) is 0. The van der Waals surface area contributed by atoms with Crippen LogP contribution in [0.2, 0.25) is 0 Å². The fourth-order valence-corrected chi connectivity index (χ4v) is 1.48. The maximum Gasteiger partial charge on any atom is 0.379 e. The number of ether oxygens (including phenoxy) is 1. The minimum absolute atomic E-state index is 0.0650. The van der Waals surface area contributed by atoms with Crippen LogP contribution in [-0.4, -0.2) is 22.7 Å². The summed E-state index contributed by atoms with van der Waals surface area (Å²) in [6.45, 7) is 1.99. The first-order valence-electron chi connectivity index (χ1n) is 4.97. The molecule has 0 aliphatic carbocycles. The van der Waals surface area contributed by atoms with Crippen molar-refractivity contribution >= 4 is 21.9 Å². The van der Waals surface area contributed by atoms with Gasteiger partial charge in [0.15, 0.2) is 0 Å². The lowest BCUT2D eigenvalue weighted by molar-refractivity contribution is 0.0508. The molecule has 0 fully saturated rings. The van der Waals surface area contributed by atoms with Gasteiger partial charge < -0.3 is 9.26 Å². The molecule has 1 aromatic carbocycles. The van der Waals surface area contributed by atoms with Crippen molar-refractivity contribution in [3.8, 4) is 11.5 Å².